The van der Waals surface area contributed by atoms with Crippen LogP contribution >= 0.6 is 0 Å². The maximum atomic E-state index is 5.25. The molecule has 1 aromatic heterocycles. The van der Waals surface area contributed by atoms with Gasteiger partial charge in [-0.25, -0.2) is 9.97 Å². The molecule has 0 spiro atoms. The predicted molar refractivity (Wildman–Crippen MR) is 72.2 cm³/mol. The third-order valence-corrected chi connectivity index (χ3v) is 3.97. The topological polar surface area (TPSA) is 50.3 Å². The number of methoxy groups -OCH3 is 1. The van der Waals surface area contributed by atoms with Crippen LogP contribution in [0.2, 0.25) is 0 Å². The summed E-state index contributed by atoms with van der Waals surface area (Å²) in [5, 5.41) is 3.41. The maximum Gasteiger partial charge on any atom is 0.221 e. The standard InChI is InChI=1S/C13H22N4O/c1-10-11(15-9-16-12(10)18-4)17-7-5-13(2,14-3)6-8-17/h9,14H,5-8H2,1-4H3. The summed E-state index contributed by atoms with van der Waals surface area (Å²) in [6.07, 6.45) is 3.82. The van der Waals surface area contributed by atoms with Gasteiger partial charge >= 0.3 is 0 Å². The van der Waals surface area contributed by atoms with Crippen LogP contribution in [0.4, 0.5) is 5.82 Å². The Morgan fingerprint density at radius 2 is 2.00 bits per heavy atom. The Morgan fingerprint density at radius 3 is 2.56 bits per heavy atom. The molecular weight excluding hydrogens is 228 g/mol. The SMILES string of the molecule is CNC1(C)CCN(c2ncnc(OC)c2C)CC1. The fourth-order valence-electron chi connectivity index (χ4n) is 2.41. The molecule has 1 aliphatic heterocycles. The lowest BCUT2D eigenvalue weighted by Crippen LogP contribution is -2.50. The highest BCUT2D eigenvalue weighted by Crippen LogP contribution is 2.29. The maximum absolute atomic E-state index is 5.25. The van der Waals surface area contributed by atoms with E-state index in [4.69, 9.17) is 4.74 Å². The molecule has 2 rings (SSSR count). The van der Waals surface area contributed by atoms with Gasteiger partial charge in [0.1, 0.15) is 12.1 Å². The summed E-state index contributed by atoms with van der Waals surface area (Å²) in [6.45, 7) is 6.31. The van der Waals surface area contributed by atoms with Gasteiger partial charge in [-0.05, 0) is 33.7 Å². The molecule has 1 fully saturated rings. The third-order valence-electron chi connectivity index (χ3n) is 3.97. The van der Waals surface area contributed by atoms with Crippen LogP contribution in [-0.4, -0.2) is 42.8 Å². The van der Waals surface area contributed by atoms with Crippen molar-refractivity contribution in [3.8, 4) is 5.88 Å². The van der Waals surface area contributed by atoms with Crippen LogP contribution in [0.25, 0.3) is 0 Å². The number of rotatable bonds is 3. The average Bonchev–Trinajstić information content (AvgIpc) is 2.40. The normalized spacial score (nSPS) is 18.8. The molecule has 2 heterocycles. The summed E-state index contributed by atoms with van der Waals surface area (Å²) in [5.74, 6) is 1.67. The fourth-order valence-corrected chi connectivity index (χ4v) is 2.41. The molecule has 1 aliphatic rings. The second-order valence-electron chi connectivity index (χ2n) is 5.13. The number of anilines is 1. The monoisotopic (exact) mass is 250 g/mol. The van der Waals surface area contributed by atoms with Crippen LogP contribution in [0.3, 0.4) is 0 Å². The van der Waals surface area contributed by atoms with Crippen molar-refractivity contribution in [1.82, 2.24) is 15.3 Å². The van der Waals surface area contributed by atoms with Crippen LogP contribution in [0.1, 0.15) is 25.3 Å². The van der Waals surface area contributed by atoms with Crippen molar-refractivity contribution in [1.29, 1.82) is 0 Å². The summed E-state index contributed by atoms with van der Waals surface area (Å²) < 4.78 is 5.25. The molecule has 0 radical (unpaired) electrons. The average molecular weight is 250 g/mol. The number of ether oxygens (including phenoxy) is 1. The van der Waals surface area contributed by atoms with Crippen molar-refractivity contribution in [3.05, 3.63) is 11.9 Å². The van der Waals surface area contributed by atoms with E-state index in [-0.39, 0.29) is 5.54 Å². The summed E-state index contributed by atoms with van der Waals surface area (Å²) in [7, 11) is 3.68. The molecule has 1 saturated heterocycles. The minimum Gasteiger partial charge on any atom is -0.481 e. The molecule has 0 atom stereocenters. The number of nitrogens with one attached hydrogen (secondary N) is 1. The van der Waals surface area contributed by atoms with Gasteiger partial charge in [0, 0.05) is 18.6 Å². The first-order valence-electron chi connectivity index (χ1n) is 6.39. The molecule has 0 amide bonds. The quantitative estimate of drug-likeness (QED) is 0.878. The first-order chi connectivity index (χ1) is 8.59. The molecule has 100 valence electrons. The highest BCUT2D eigenvalue weighted by atomic mass is 16.5. The number of nitrogens with zero attached hydrogens (tertiary/aromatic N) is 3. The van der Waals surface area contributed by atoms with E-state index in [1.54, 1.807) is 13.4 Å². The van der Waals surface area contributed by atoms with Crippen LogP contribution < -0.4 is 15.0 Å². The molecule has 0 aromatic carbocycles. The van der Waals surface area contributed by atoms with Gasteiger partial charge in [0.15, 0.2) is 0 Å². The van der Waals surface area contributed by atoms with E-state index >= 15 is 0 Å². The van der Waals surface area contributed by atoms with Gasteiger partial charge in [-0.1, -0.05) is 0 Å². The van der Waals surface area contributed by atoms with Gasteiger partial charge in [-0.2, -0.15) is 0 Å². The van der Waals surface area contributed by atoms with E-state index in [1.165, 1.54) is 0 Å². The molecule has 5 nitrogen and oxygen atoms in total. The van der Waals surface area contributed by atoms with E-state index in [2.05, 4.69) is 27.1 Å². The van der Waals surface area contributed by atoms with Crippen molar-refractivity contribution in [2.75, 3.05) is 32.1 Å². The second kappa shape index (κ2) is 5.10. The lowest BCUT2D eigenvalue weighted by molar-refractivity contribution is 0.304. The van der Waals surface area contributed by atoms with Crippen molar-refractivity contribution in [2.45, 2.75) is 32.2 Å². The van der Waals surface area contributed by atoms with Crippen molar-refractivity contribution in [3.63, 3.8) is 0 Å². The first kappa shape index (κ1) is 13.1. The minimum absolute atomic E-state index is 0.252. The zero-order valence-corrected chi connectivity index (χ0v) is 11.7. The molecule has 0 saturated carbocycles. The number of hydrogen-bond donors (Lipinski definition) is 1. The van der Waals surface area contributed by atoms with Gasteiger partial charge in [0.25, 0.3) is 0 Å². The smallest absolute Gasteiger partial charge is 0.221 e. The Labute approximate surface area is 109 Å². The summed E-state index contributed by atoms with van der Waals surface area (Å²) >= 11 is 0. The molecule has 0 unspecified atom stereocenters. The highest BCUT2D eigenvalue weighted by molar-refractivity contribution is 5.50. The number of aromatic nitrogens is 2. The minimum atomic E-state index is 0.252. The summed E-state index contributed by atoms with van der Waals surface area (Å²) in [4.78, 5) is 10.8. The Morgan fingerprint density at radius 1 is 1.33 bits per heavy atom. The predicted octanol–water partition coefficient (Wildman–Crippen LogP) is 1.37. The lowest BCUT2D eigenvalue weighted by atomic mass is 9.90. The Hall–Kier alpha value is -1.36. The third kappa shape index (κ3) is 2.41. The van der Waals surface area contributed by atoms with Crippen LogP contribution in [0.5, 0.6) is 5.88 Å². The van der Waals surface area contributed by atoms with Crippen molar-refractivity contribution < 1.29 is 4.74 Å². The Kier molecular flexibility index (Phi) is 3.71. The molecule has 1 aromatic rings. The van der Waals surface area contributed by atoms with Crippen molar-refractivity contribution >= 4 is 5.82 Å². The fraction of sp³-hybridized carbons (Fsp3) is 0.692. The zero-order chi connectivity index (χ0) is 13.2. The molecular formula is C13H22N4O. The molecule has 18 heavy (non-hydrogen) atoms. The van der Waals surface area contributed by atoms with Crippen LogP contribution in [-0.2, 0) is 0 Å². The molecule has 1 N–H and O–H groups in total. The summed E-state index contributed by atoms with van der Waals surface area (Å²) in [5.41, 5.74) is 1.27. The van der Waals surface area contributed by atoms with E-state index in [0.29, 0.717) is 5.88 Å². The number of hydrogen-bond acceptors (Lipinski definition) is 5. The molecule has 0 aliphatic carbocycles. The lowest BCUT2D eigenvalue weighted by Gasteiger charge is -2.40. The second-order valence-corrected chi connectivity index (χ2v) is 5.13. The van der Waals surface area contributed by atoms with E-state index < -0.39 is 0 Å². The Bertz CT molecular complexity index is 413. The zero-order valence-electron chi connectivity index (χ0n) is 11.7. The van der Waals surface area contributed by atoms with Gasteiger partial charge in [-0.15, -0.1) is 0 Å². The first-order valence-corrected chi connectivity index (χ1v) is 6.39. The molecule has 0 bridgehead atoms. The van der Waals surface area contributed by atoms with Gasteiger partial charge < -0.3 is 15.0 Å². The Balaban J connectivity index is 2.15. The largest absolute Gasteiger partial charge is 0.481 e. The van der Waals surface area contributed by atoms with Crippen molar-refractivity contribution in [2.24, 2.45) is 0 Å². The van der Waals surface area contributed by atoms with E-state index in [9.17, 15) is 0 Å². The van der Waals surface area contributed by atoms with Gasteiger partial charge in [0.2, 0.25) is 5.88 Å². The highest BCUT2D eigenvalue weighted by Gasteiger charge is 2.29. The van der Waals surface area contributed by atoms with Crippen LogP contribution in [0.15, 0.2) is 6.33 Å². The van der Waals surface area contributed by atoms with Gasteiger partial charge in [0.05, 0.1) is 12.7 Å². The summed E-state index contributed by atoms with van der Waals surface area (Å²) in [6, 6.07) is 0. The van der Waals surface area contributed by atoms with E-state index in [1.807, 2.05) is 14.0 Å². The molecule has 5 heteroatoms. The van der Waals surface area contributed by atoms with E-state index in [0.717, 1.165) is 37.3 Å². The van der Waals surface area contributed by atoms with Gasteiger partial charge in [-0.3, -0.25) is 0 Å². The number of piperidine rings is 1. The van der Waals surface area contributed by atoms with Crippen LogP contribution in [0, 0.1) is 6.92 Å².